The van der Waals surface area contributed by atoms with Crippen LogP contribution in [0.25, 0.3) is 0 Å². The number of nitrogens with one attached hydrogen (secondary N) is 1. The highest BCUT2D eigenvalue weighted by Gasteiger charge is 2.29. The van der Waals surface area contributed by atoms with Crippen LogP contribution in [0.5, 0.6) is 0 Å². The van der Waals surface area contributed by atoms with Crippen LogP contribution in [-0.2, 0) is 12.7 Å². The Hall–Kier alpha value is -2.08. The Balaban J connectivity index is 1.95. The third-order valence-corrected chi connectivity index (χ3v) is 4.29. The van der Waals surface area contributed by atoms with E-state index in [1.807, 2.05) is 24.3 Å². The number of thiocarbonyl (C=S) groups is 1. The molecule has 0 fully saturated rings. The van der Waals surface area contributed by atoms with Crippen LogP contribution >= 0.6 is 12.2 Å². The van der Waals surface area contributed by atoms with Gasteiger partial charge in [0.2, 0.25) is 0 Å². The largest absolute Gasteiger partial charge is 0.416 e. The van der Waals surface area contributed by atoms with Crippen molar-refractivity contribution in [3.63, 3.8) is 0 Å². The van der Waals surface area contributed by atoms with Crippen molar-refractivity contribution in [1.29, 1.82) is 0 Å². The fourth-order valence-electron chi connectivity index (χ4n) is 2.32. The van der Waals surface area contributed by atoms with Crippen molar-refractivity contribution < 1.29 is 13.2 Å². The van der Waals surface area contributed by atoms with Gasteiger partial charge in [-0.2, -0.15) is 13.2 Å². The van der Waals surface area contributed by atoms with Crippen LogP contribution in [0.4, 0.5) is 18.9 Å². The van der Waals surface area contributed by atoms with Crippen LogP contribution in [0.1, 0.15) is 36.5 Å². The molecule has 0 aromatic heterocycles. The summed E-state index contributed by atoms with van der Waals surface area (Å²) in [6.07, 6.45) is -4.32. The number of anilines is 1. The zero-order valence-electron chi connectivity index (χ0n) is 14.4. The second-order valence-corrected chi connectivity index (χ2v) is 6.64. The third kappa shape index (κ3) is 5.46. The highest BCUT2D eigenvalue weighted by molar-refractivity contribution is 7.80. The van der Waals surface area contributed by atoms with Gasteiger partial charge in [0, 0.05) is 19.3 Å². The number of hydrogen-bond acceptors (Lipinski definition) is 1. The van der Waals surface area contributed by atoms with Crippen molar-refractivity contribution in [3.05, 3.63) is 65.2 Å². The van der Waals surface area contributed by atoms with Gasteiger partial charge in [-0.3, -0.25) is 0 Å². The minimum absolute atomic E-state index is 0.425. The molecule has 2 rings (SSSR count). The molecule has 0 aliphatic rings. The summed E-state index contributed by atoms with van der Waals surface area (Å²) in [5.41, 5.74) is 2.24. The monoisotopic (exact) mass is 366 g/mol. The minimum atomic E-state index is -4.32. The highest BCUT2D eigenvalue weighted by atomic mass is 32.1. The molecule has 0 aliphatic heterocycles. The molecule has 0 bridgehead atoms. The lowest BCUT2D eigenvalue weighted by atomic mass is 10.0. The van der Waals surface area contributed by atoms with Crippen LogP contribution in [-0.4, -0.2) is 17.1 Å². The average molecular weight is 366 g/mol. The molecule has 2 aromatic rings. The molecule has 134 valence electrons. The standard InChI is InChI=1S/C19H21F3N2S/c1-13(2)15-6-10-17(11-7-15)23-18(25)24(3)12-14-4-8-16(9-5-14)19(20,21)22/h4-11,13H,12H2,1-3H3,(H,23,25). The summed E-state index contributed by atoms with van der Waals surface area (Å²) in [7, 11) is 1.80. The third-order valence-electron chi connectivity index (χ3n) is 3.88. The summed E-state index contributed by atoms with van der Waals surface area (Å²) < 4.78 is 37.8. The Morgan fingerprint density at radius 3 is 2.08 bits per heavy atom. The van der Waals surface area contributed by atoms with E-state index < -0.39 is 11.7 Å². The summed E-state index contributed by atoms with van der Waals surface area (Å²) in [4.78, 5) is 1.79. The Kier molecular flexibility index (Phi) is 6.06. The zero-order valence-corrected chi connectivity index (χ0v) is 15.2. The molecule has 0 spiro atoms. The summed E-state index contributed by atoms with van der Waals surface area (Å²) in [6, 6.07) is 13.1. The first-order chi connectivity index (χ1) is 11.7. The summed E-state index contributed by atoms with van der Waals surface area (Å²) in [5, 5.41) is 3.65. The molecule has 0 heterocycles. The lowest BCUT2D eigenvalue weighted by Crippen LogP contribution is -2.30. The Bertz CT molecular complexity index is 707. The number of rotatable bonds is 4. The van der Waals surface area contributed by atoms with Gasteiger partial charge in [-0.05, 0) is 53.5 Å². The van der Waals surface area contributed by atoms with Crippen molar-refractivity contribution in [2.45, 2.75) is 32.5 Å². The number of alkyl halides is 3. The normalized spacial score (nSPS) is 11.5. The first-order valence-electron chi connectivity index (χ1n) is 7.95. The zero-order chi connectivity index (χ0) is 18.6. The van der Waals surface area contributed by atoms with E-state index in [0.29, 0.717) is 17.6 Å². The van der Waals surface area contributed by atoms with Crippen molar-refractivity contribution in [3.8, 4) is 0 Å². The second-order valence-electron chi connectivity index (χ2n) is 6.26. The summed E-state index contributed by atoms with van der Waals surface area (Å²) in [6.45, 7) is 4.68. The molecule has 0 atom stereocenters. The van der Waals surface area contributed by atoms with E-state index in [2.05, 4.69) is 19.2 Å². The maximum Gasteiger partial charge on any atom is 0.416 e. The fraction of sp³-hybridized carbons (Fsp3) is 0.316. The van der Waals surface area contributed by atoms with E-state index in [1.165, 1.54) is 17.7 Å². The van der Waals surface area contributed by atoms with Gasteiger partial charge in [-0.1, -0.05) is 38.1 Å². The van der Waals surface area contributed by atoms with Crippen LogP contribution in [0.15, 0.2) is 48.5 Å². The van der Waals surface area contributed by atoms with Crippen molar-refractivity contribution >= 4 is 23.0 Å². The molecule has 0 unspecified atom stereocenters. The second kappa shape index (κ2) is 7.87. The molecular formula is C19H21F3N2S. The maximum atomic E-state index is 12.6. The molecule has 2 aromatic carbocycles. The van der Waals surface area contributed by atoms with Gasteiger partial charge in [0.1, 0.15) is 0 Å². The minimum Gasteiger partial charge on any atom is -0.348 e. The smallest absolute Gasteiger partial charge is 0.348 e. The first kappa shape index (κ1) is 19.2. The van der Waals surface area contributed by atoms with Gasteiger partial charge in [0.05, 0.1) is 5.56 Å². The van der Waals surface area contributed by atoms with E-state index in [0.717, 1.165) is 23.4 Å². The molecule has 0 saturated heterocycles. The van der Waals surface area contributed by atoms with Crippen LogP contribution in [0.2, 0.25) is 0 Å². The summed E-state index contributed by atoms with van der Waals surface area (Å²) >= 11 is 5.36. The van der Waals surface area contributed by atoms with Crippen LogP contribution < -0.4 is 5.32 Å². The van der Waals surface area contributed by atoms with E-state index in [4.69, 9.17) is 12.2 Å². The molecule has 0 aliphatic carbocycles. The van der Waals surface area contributed by atoms with Crippen LogP contribution in [0.3, 0.4) is 0 Å². The Labute approximate surface area is 151 Å². The van der Waals surface area contributed by atoms with Gasteiger partial charge >= 0.3 is 6.18 Å². The lowest BCUT2D eigenvalue weighted by Gasteiger charge is -2.21. The van der Waals surface area contributed by atoms with E-state index in [-0.39, 0.29) is 0 Å². The van der Waals surface area contributed by atoms with Gasteiger partial charge in [0.25, 0.3) is 0 Å². The Morgan fingerprint density at radius 1 is 1.04 bits per heavy atom. The van der Waals surface area contributed by atoms with Gasteiger partial charge < -0.3 is 10.2 Å². The molecule has 0 radical (unpaired) electrons. The number of hydrogen-bond donors (Lipinski definition) is 1. The van der Waals surface area contributed by atoms with Crippen molar-refractivity contribution in [2.75, 3.05) is 12.4 Å². The maximum absolute atomic E-state index is 12.6. The predicted molar refractivity (Wildman–Crippen MR) is 99.7 cm³/mol. The van der Waals surface area contributed by atoms with Crippen molar-refractivity contribution in [2.24, 2.45) is 0 Å². The molecule has 0 amide bonds. The number of halogens is 3. The number of nitrogens with zero attached hydrogens (tertiary/aromatic N) is 1. The molecule has 1 N–H and O–H groups in total. The number of benzene rings is 2. The van der Waals surface area contributed by atoms with Gasteiger partial charge in [-0.25, -0.2) is 0 Å². The van der Waals surface area contributed by atoms with E-state index >= 15 is 0 Å². The topological polar surface area (TPSA) is 15.3 Å². The molecule has 2 nitrogen and oxygen atoms in total. The molecule has 25 heavy (non-hydrogen) atoms. The fourth-order valence-corrected chi connectivity index (χ4v) is 2.50. The van der Waals surface area contributed by atoms with Gasteiger partial charge in [-0.15, -0.1) is 0 Å². The average Bonchev–Trinajstić information content (AvgIpc) is 2.55. The quantitative estimate of drug-likeness (QED) is 0.703. The van der Waals surface area contributed by atoms with E-state index in [1.54, 1.807) is 11.9 Å². The SMILES string of the molecule is CC(C)c1ccc(NC(=S)N(C)Cc2ccc(C(F)(F)F)cc2)cc1. The van der Waals surface area contributed by atoms with Gasteiger partial charge in [0.15, 0.2) is 5.11 Å². The lowest BCUT2D eigenvalue weighted by molar-refractivity contribution is -0.137. The highest BCUT2D eigenvalue weighted by Crippen LogP contribution is 2.29. The molecule has 6 heteroatoms. The van der Waals surface area contributed by atoms with E-state index in [9.17, 15) is 13.2 Å². The van der Waals surface area contributed by atoms with Crippen molar-refractivity contribution in [1.82, 2.24) is 4.90 Å². The molecular weight excluding hydrogens is 345 g/mol. The predicted octanol–water partition coefficient (Wildman–Crippen LogP) is 5.66. The van der Waals surface area contributed by atoms with Crippen LogP contribution in [0, 0.1) is 0 Å². The Morgan fingerprint density at radius 2 is 1.60 bits per heavy atom. The molecule has 0 saturated carbocycles. The first-order valence-corrected chi connectivity index (χ1v) is 8.36. The summed E-state index contributed by atoms with van der Waals surface area (Å²) in [5.74, 6) is 0.461.